The van der Waals surface area contributed by atoms with Gasteiger partial charge in [0.25, 0.3) is 5.91 Å². The van der Waals surface area contributed by atoms with Gasteiger partial charge < -0.3 is 20.1 Å². The molecule has 3 fully saturated rings. The number of rotatable bonds is 6. The Morgan fingerprint density at radius 1 is 1.32 bits per heavy atom. The lowest BCUT2D eigenvalue weighted by Gasteiger charge is -2.25. The summed E-state index contributed by atoms with van der Waals surface area (Å²) in [6.45, 7) is 7.74. The molecule has 2 saturated heterocycles. The van der Waals surface area contributed by atoms with Gasteiger partial charge in [-0.3, -0.25) is 4.79 Å². The Labute approximate surface area is 149 Å². The third-order valence-corrected chi connectivity index (χ3v) is 6.06. The van der Waals surface area contributed by atoms with Crippen LogP contribution in [0.15, 0.2) is 10.6 Å². The molecule has 2 atom stereocenters. The van der Waals surface area contributed by atoms with Crippen LogP contribution in [0, 0.1) is 11.8 Å². The first kappa shape index (κ1) is 17.0. The van der Waals surface area contributed by atoms with Crippen molar-refractivity contribution in [3.63, 3.8) is 0 Å². The average Bonchev–Trinajstić information content (AvgIpc) is 3.25. The summed E-state index contributed by atoms with van der Waals surface area (Å²) in [6.07, 6.45) is 6.20. The van der Waals surface area contributed by atoms with Crippen LogP contribution in [-0.2, 0) is 0 Å². The van der Waals surface area contributed by atoms with Crippen LogP contribution in [-0.4, -0.2) is 54.7 Å². The van der Waals surface area contributed by atoms with E-state index in [-0.39, 0.29) is 11.9 Å². The number of carbonyl (C=O) groups excluding carboxylic acids is 1. The first-order chi connectivity index (χ1) is 12.2. The summed E-state index contributed by atoms with van der Waals surface area (Å²) in [5.74, 6) is 2.61. The van der Waals surface area contributed by atoms with Gasteiger partial charge in [0.1, 0.15) is 5.76 Å². The van der Waals surface area contributed by atoms with E-state index in [4.69, 9.17) is 4.52 Å². The quantitative estimate of drug-likeness (QED) is 0.824. The van der Waals surface area contributed by atoms with Gasteiger partial charge in [-0.1, -0.05) is 12.1 Å². The molecule has 2 aliphatic heterocycles. The van der Waals surface area contributed by atoms with Crippen molar-refractivity contribution in [2.75, 3.05) is 32.7 Å². The number of hydrogen-bond donors (Lipinski definition) is 2. The molecule has 3 aliphatic rings. The Balaban J connectivity index is 1.25. The maximum Gasteiger partial charge on any atom is 0.273 e. The lowest BCUT2D eigenvalue weighted by molar-refractivity contribution is 0.0922. The second-order valence-electron chi connectivity index (χ2n) is 8.19. The second-order valence-corrected chi connectivity index (χ2v) is 8.19. The first-order valence-electron chi connectivity index (χ1n) is 9.89. The third kappa shape index (κ3) is 4.23. The zero-order chi connectivity index (χ0) is 17.2. The molecule has 6 nitrogen and oxygen atoms in total. The Hall–Kier alpha value is -1.40. The highest BCUT2D eigenvalue weighted by Crippen LogP contribution is 2.40. The highest BCUT2D eigenvalue weighted by molar-refractivity contribution is 5.92. The number of carbonyl (C=O) groups is 1. The van der Waals surface area contributed by atoms with E-state index in [1.54, 1.807) is 0 Å². The number of nitrogens with one attached hydrogen (secondary N) is 2. The molecule has 0 radical (unpaired) electrons. The molecule has 4 rings (SSSR count). The molecule has 25 heavy (non-hydrogen) atoms. The monoisotopic (exact) mass is 346 g/mol. The van der Waals surface area contributed by atoms with Gasteiger partial charge in [-0.2, -0.15) is 0 Å². The van der Waals surface area contributed by atoms with Gasteiger partial charge in [-0.15, -0.1) is 0 Å². The van der Waals surface area contributed by atoms with Crippen LogP contribution in [0.3, 0.4) is 0 Å². The molecule has 3 heterocycles. The molecule has 1 aromatic heterocycles. The van der Waals surface area contributed by atoms with Crippen LogP contribution in [0.25, 0.3) is 0 Å². The number of amides is 1. The predicted molar refractivity (Wildman–Crippen MR) is 95.5 cm³/mol. The van der Waals surface area contributed by atoms with Gasteiger partial charge in [-0.25, -0.2) is 0 Å². The molecule has 0 unspecified atom stereocenters. The molecule has 1 saturated carbocycles. The third-order valence-electron chi connectivity index (χ3n) is 6.06. The normalized spacial score (nSPS) is 28.4. The average molecular weight is 346 g/mol. The number of piperidine rings is 1. The standard InChI is InChI=1S/C19H30N4O2/c1-13-11-23(9-6-14-4-7-20-8-5-14)12-17(13)21-19(24)16-10-18(25-22-16)15-2-3-15/h10,13-15,17,20H,2-9,11-12H2,1H3,(H,21,24)/t13-,17+/m0/s1. The molecule has 0 bridgehead atoms. The lowest BCUT2D eigenvalue weighted by atomic mass is 9.94. The topological polar surface area (TPSA) is 70.4 Å². The summed E-state index contributed by atoms with van der Waals surface area (Å²) in [4.78, 5) is 15.0. The van der Waals surface area contributed by atoms with Crippen molar-refractivity contribution in [3.8, 4) is 0 Å². The van der Waals surface area contributed by atoms with E-state index in [9.17, 15) is 4.79 Å². The summed E-state index contributed by atoms with van der Waals surface area (Å²) in [5.41, 5.74) is 0.433. The van der Waals surface area contributed by atoms with Crippen molar-refractivity contribution in [2.24, 2.45) is 11.8 Å². The van der Waals surface area contributed by atoms with Gasteiger partial charge in [0.15, 0.2) is 5.69 Å². The van der Waals surface area contributed by atoms with Gasteiger partial charge in [-0.05, 0) is 63.6 Å². The van der Waals surface area contributed by atoms with Crippen molar-refractivity contribution in [3.05, 3.63) is 17.5 Å². The van der Waals surface area contributed by atoms with Crippen molar-refractivity contribution in [2.45, 2.75) is 51.0 Å². The smallest absolute Gasteiger partial charge is 0.273 e. The Morgan fingerprint density at radius 3 is 2.88 bits per heavy atom. The van der Waals surface area contributed by atoms with Crippen molar-refractivity contribution >= 4 is 5.91 Å². The van der Waals surface area contributed by atoms with Crippen LogP contribution in [0.1, 0.15) is 61.2 Å². The van der Waals surface area contributed by atoms with E-state index in [1.165, 1.54) is 32.4 Å². The number of aromatic nitrogens is 1. The fraction of sp³-hybridized carbons (Fsp3) is 0.789. The van der Waals surface area contributed by atoms with Crippen LogP contribution in [0.4, 0.5) is 0 Å². The zero-order valence-corrected chi connectivity index (χ0v) is 15.2. The first-order valence-corrected chi connectivity index (χ1v) is 9.89. The SMILES string of the molecule is C[C@H]1CN(CCC2CCNCC2)C[C@H]1NC(=O)c1cc(C2CC2)on1. The summed E-state index contributed by atoms with van der Waals surface area (Å²) in [6, 6.07) is 2.03. The maximum absolute atomic E-state index is 12.5. The zero-order valence-electron chi connectivity index (χ0n) is 15.2. The van der Waals surface area contributed by atoms with E-state index in [0.717, 1.165) is 44.2 Å². The minimum atomic E-state index is -0.0901. The van der Waals surface area contributed by atoms with Crippen LogP contribution in [0.5, 0.6) is 0 Å². The summed E-state index contributed by atoms with van der Waals surface area (Å²) in [5, 5.41) is 10.6. The Kier molecular flexibility index (Phi) is 5.08. The minimum Gasteiger partial charge on any atom is -0.360 e. The van der Waals surface area contributed by atoms with Gasteiger partial charge in [0.05, 0.1) is 0 Å². The molecular formula is C19H30N4O2. The van der Waals surface area contributed by atoms with E-state index >= 15 is 0 Å². The molecular weight excluding hydrogens is 316 g/mol. The van der Waals surface area contributed by atoms with E-state index in [2.05, 4.69) is 27.6 Å². The second kappa shape index (κ2) is 7.46. The number of likely N-dealkylation sites (tertiary alicyclic amines) is 1. The predicted octanol–water partition coefficient (Wildman–Crippen LogP) is 1.99. The van der Waals surface area contributed by atoms with Crippen LogP contribution < -0.4 is 10.6 Å². The largest absolute Gasteiger partial charge is 0.360 e. The summed E-state index contributed by atoms with van der Waals surface area (Å²) < 4.78 is 5.30. The van der Waals surface area contributed by atoms with Gasteiger partial charge >= 0.3 is 0 Å². The van der Waals surface area contributed by atoms with Crippen molar-refractivity contribution < 1.29 is 9.32 Å². The fourth-order valence-electron chi connectivity index (χ4n) is 4.17. The number of hydrogen-bond acceptors (Lipinski definition) is 5. The van der Waals surface area contributed by atoms with Crippen LogP contribution in [0.2, 0.25) is 0 Å². The summed E-state index contributed by atoms with van der Waals surface area (Å²) in [7, 11) is 0. The lowest BCUT2D eigenvalue weighted by Crippen LogP contribution is -2.40. The molecule has 138 valence electrons. The highest BCUT2D eigenvalue weighted by Gasteiger charge is 2.33. The molecule has 1 amide bonds. The molecule has 0 aromatic carbocycles. The molecule has 1 aromatic rings. The Morgan fingerprint density at radius 2 is 2.12 bits per heavy atom. The molecule has 6 heteroatoms. The molecule has 0 spiro atoms. The van der Waals surface area contributed by atoms with E-state index in [1.807, 2.05) is 6.07 Å². The maximum atomic E-state index is 12.5. The number of nitrogens with zero attached hydrogens (tertiary/aromatic N) is 2. The summed E-state index contributed by atoms with van der Waals surface area (Å²) >= 11 is 0. The van der Waals surface area contributed by atoms with Gasteiger partial charge in [0.2, 0.25) is 0 Å². The van der Waals surface area contributed by atoms with Crippen LogP contribution >= 0.6 is 0 Å². The molecule has 2 N–H and O–H groups in total. The van der Waals surface area contributed by atoms with Crippen molar-refractivity contribution in [1.29, 1.82) is 0 Å². The fourth-order valence-corrected chi connectivity index (χ4v) is 4.17. The van der Waals surface area contributed by atoms with E-state index < -0.39 is 0 Å². The van der Waals surface area contributed by atoms with Gasteiger partial charge in [0, 0.05) is 31.1 Å². The molecule has 1 aliphatic carbocycles. The van der Waals surface area contributed by atoms with E-state index in [0.29, 0.717) is 17.5 Å². The Bertz CT molecular complexity index is 592. The minimum absolute atomic E-state index is 0.0901. The van der Waals surface area contributed by atoms with Crippen molar-refractivity contribution in [1.82, 2.24) is 20.7 Å². The highest BCUT2D eigenvalue weighted by atomic mass is 16.5.